The molecule has 0 radical (unpaired) electrons. The van der Waals surface area contributed by atoms with E-state index >= 15 is 0 Å². The predicted molar refractivity (Wildman–Crippen MR) is 78.2 cm³/mol. The Hall–Kier alpha value is -1.49. The Labute approximate surface area is 116 Å². The summed E-state index contributed by atoms with van der Waals surface area (Å²) in [6.07, 6.45) is 1.14. The van der Waals surface area contributed by atoms with Gasteiger partial charge in [-0.25, -0.2) is 4.79 Å². The van der Waals surface area contributed by atoms with E-state index in [1.54, 1.807) is 26.8 Å². The highest BCUT2D eigenvalue weighted by Crippen LogP contribution is 2.14. The molecule has 0 aromatic rings. The van der Waals surface area contributed by atoms with Gasteiger partial charge in [-0.3, -0.25) is 5.32 Å². The summed E-state index contributed by atoms with van der Waals surface area (Å²) in [6.45, 7) is 11.9. The van der Waals surface area contributed by atoms with Crippen molar-refractivity contribution in [3.05, 3.63) is 23.0 Å². The Morgan fingerprint density at radius 3 is 2.26 bits per heavy atom. The molecule has 0 heterocycles. The van der Waals surface area contributed by atoms with E-state index in [1.807, 2.05) is 6.92 Å². The normalized spacial score (nSPS) is 14.2. The Balaban J connectivity index is 4.79. The fourth-order valence-corrected chi connectivity index (χ4v) is 1.64. The van der Waals surface area contributed by atoms with Crippen molar-refractivity contribution in [2.45, 2.75) is 47.1 Å². The molecule has 0 rings (SSSR count). The minimum absolute atomic E-state index is 0.248. The number of allylic oxidation sites excluding steroid dienone is 2. The van der Waals surface area contributed by atoms with E-state index < -0.39 is 11.7 Å². The summed E-state index contributed by atoms with van der Waals surface area (Å²) < 4.78 is 5.11. The van der Waals surface area contributed by atoms with Gasteiger partial charge in [-0.1, -0.05) is 19.4 Å². The first kappa shape index (κ1) is 17.5. The molecule has 0 spiro atoms. The van der Waals surface area contributed by atoms with E-state index in [9.17, 15) is 4.79 Å². The van der Waals surface area contributed by atoms with Gasteiger partial charge >= 0.3 is 6.09 Å². The molecule has 0 bridgehead atoms. The molecule has 0 aliphatic rings. The van der Waals surface area contributed by atoms with E-state index in [0.29, 0.717) is 12.5 Å². The van der Waals surface area contributed by atoms with Crippen molar-refractivity contribution in [3.63, 3.8) is 0 Å². The number of nitrogens with two attached hydrogens (primary N) is 2. The molecule has 0 aromatic carbocycles. The van der Waals surface area contributed by atoms with E-state index in [1.165, 1.54) is 0 Å². The highest BCUT2D eigenvalue weighted by Gasteiger charge is 2.16. The molecule has 0 atom stereocenters. The second-order valence-electron chi connectivity index (χ2n) is 5.79. The number of rotatable bonds is 4. The standard InChI is InChI=1S/C14H27N3O2/c1-9(2)11(8-15)10(3)7-12(16)17-13(18)19-14(4,5)6/h7,9H,8,15-16H2,1-6H3,(H,17,18)/b11-10-,12-7+. The van der Waals surface area contributed by atoms with Gasteiger partial charge < -0.3 is 16.2 Å². The van der Waals surface area contributed by atoms with E-state index in [-0.39, 0.29) is 5.82 Å². The molecule has 0 fully saturated rings. The summed E-state index contributed by atoms with van der Waals surface area (Å²) in [5.74, 6) is 0.592. The van der Waals surface area contributed by atoms with Crippen LogP contribution in [0.4, 0.5) is 4.79 Å². The highest BCUT2D eigenvalue weighted by molar-refractivity contribution is 5.69. The maximum atomic E-state index is 11.5. The van der Waals surface area contributed by atoms with Crippen molar-refractivity contribution in [2.24, 2.45) is 17.4 Å². The minimum Gasteiger partial charge on any atom is -0.444 e. The fraction of sp³-hybridized carbons (Fsp3) is 0.643. The zero-order valence-electron chi connectivity index (χ0n) is 12.8. The molecule has 0 saturated carbocycles. The fourth-order valence-electron chi connectivity index (χ4n) is 1.64. The van der Waals surface area contributed by atoms with Crippen LogP contribution in [-0.4, -0.2) is 18.2 Å². The van der Waals surface area contributed by atoms with Crippen LogP contribution in [0, 0.1) is 5.92 Å². The van der Waals surface area contributed by atoms with Crippen molar-refractivity contribution in [1.82, 2.24) is 5.32 Å². The van der Waals surface area contributed by atoms with Crippen LogP contribution >= 0.6 is 0 Å². The monoisotopic (exact) mass is 269 g/mol. The molecule has 0 aromatic heterocycles. The first-order valence-corrected chi connectivity index (χ1v) is 6.43. The molecule has 0 saturated heterocycles. The van der Waals surface area contributed by atoms with Crippen LogP contribution in [-0.2, 0) is 4.74 Å². The van der Waals surface area contributed by atoms with Gasteiger partial charge in [-0.2, -0.15) is 0 Å². The van der Waals surface area contributed by atoms with Gasteiger partial charge in [0, 0.05) is 6.54 Å². The molecule has 5 heteroatoms. The van der Waals surface area contributed by atoms with Gasteiger partial charge in [0.15, 0.2) is 0 Å². The van der Waals surface area contributed by atoms with Crippen molar-refractivity contribution >= 4 is 6.09 Å². The second kappa shape index (κ2) is 7.19. The maximum absolute atomic E-state index is 11.5. The van der Waals surface area contributed by atoms with Crippen molar-refractivity contribution in [1.29, 1.82) is 0 Å². The average molecular weight is 269 g/mol. The first-order chi connectivity index (χ1) is 8.56. The van der Waals surface area contributed by atoms with Gasteiger partial charge in [-0.05, 0) is 45.3 Å². The van der Waals surface area contributed by atoms with Crippen LogP contribution in [0.25, 0.3) is 0 Å². The average Bonchev–Trinajstić information content (AvgIpc) is 2.13. The number of hydrogen-bond acceptors (Lipinski definition) is 4. The number of alkyl carbamates (subject to hydrolysis) is 1. The van der Waals surface area contributed by atoms with Crippen molar-refractivity contribution in [3.8, 4) is 0 Å². The maximum Gasteiger partial charge on any atom is 0.413 e. The summed E-state index contributed by atoms with van der Waals surface area (Å²) in [5.41, 5.74) is 13.0. The molecule has 5 N–H and O–H groups in total. The van der Waals surface area contributed by atoms with Gasteiger partial charge in [0.2, 0.25) is 0 Å². The minimum atomic E-state index is -0.562. The summed E-state index contributed by atoms with van der Waals surface area (Å²) >= 11 is 0. The van der Waals surface area contributed by atoms with Crippen molar-refractivity contribution < 1.29 is 9.53 Å². The lowest BCUT2D eigenvalue weighted by molar-refractivity contribution is 0.0545. The summed E-state index contributed by atoms with van der Waals surface area (Å²) in [5, 5.41) is 2.49. The molecule has 5 nitrogen and oxygen atoms in total. The number of nitrogens with one attached hydrogen (secondary N) is 1. The van der Waals surface area contributed by atoms with Crippen LogP contribution in [0.5, 0.6) is 0 Å². The van der Waals surface area contributed by atoms with Gasteiger partial charge in [-0.15, -0.1) is 0 Å². The lowest BCUT2D eigenvalue weighted by atomic mass is 9.98. The van der Waals surface area contributed by atoms with E-state index in [0.717, 1.165) is 11.1 Å². The molecule has 19 heavy (non-hydrogen) atoms. The van der Waals surface area contributed by atoms with Crippen molar-refractivity contribution in [2.75, 3.05) is 6.54 Å². The zero-order valence-corrected chi connectivity index (χ0v) is 12.8. The number of hydrogen-bond donors (Lipinski definition) is 3. The number of carbonyl (C=O) groups excluding carboxylic acids is 1. The molecular formula is C14H27N3O2. The van der Waals surface area contributed by atoms with Crippen LogP contribution < -0.4 is 16.8 Å². The topological polar surface area (TPSA) is 90.4 Å². The van der Waals surface area contributed by atoms with Crippen LogP contribution in [0.15, 0.2) is 23.0 Å². The SMILES string of the molecule is CC(/C=C(\N)NC(=O)OC(C)(C)C)=C(\CN)C(C)C. The Bertz CT molecular complexity index is 377. The van der Waals surface area contributed by atoms with Crippen LogP contribution in [0.3, 0.4) is 0 Å². The van der Waals surface area contributed by atoms with E-state index in [2.05, 4.69) is 19.2 Å². The zero-order chi connectivity index (χ0) is 15.2. The number of carbonyl (C=O) groups is 1. The Kier molecular flexibility index (Phi) is 6.62. The summed E-state index contributed by atoms with van der Waals surface area (Å²) in [6, 6.07) is 0. The quantitative estimate of drug-likeness (QED) is 0.683. The number of ether oxygens (including phenoxy) is 1. The number of amides is 1. The molecular weight excluding hydrogens is 242 g/mol. The third kappa shape index (κ3) is 7.51. The first-order valence-electron chi connectivity index (χ1n) is 6.43. The summed E-state index contributed by atoms with van der Waals surface area (Å²) in [7, 11) is 0. The molecule has 1 amide bonds. The highest BCUT2D eigenvalue weighted by atomic mass is 16.6. The van der Waals surface area contributed by atoms with E-state index in [4.69, 9.17) is 16.2 Å². The third-order valence-electron chi connectivity index (χ3n) is 2.44. The summed E-state index contributed by atoms with van der Waals surface area (Å²) in [4.78, 5) is 11.5. The lowest BCUT2D eigenvalue weighted by Gasteiger charge is -2.19. The largest absolute Gasteiger partial charge is 0.444 e. The lowest BCUT2D eigenvalue weighted by Crippen LogP contribution is -2.34. The second-order valence-corrected chi connectivity index (χ2v) is 5.79. The van der Waals surface area contributed by atoms with Gasteiger partial charge in [0.25, 0.3) is 0 Å². The smallest absolute Gasteiger partial charge is 0.413 e. The molecule has 0 aliphatic heterocycles. The molecule has 0 aliphatic carbocycles. The van der Waals surface area contributed by atoms with Crippen LogP contribution in [0.2, 0.25) is 0 Å². The van der Waals surface area contributed by atoms with Gasteiger partial charge in [0.05, 0.1) is 0 Å². The Morgan fingerprint density at radius 2 is 1.89 bits per heavy atom. The Morgan fingerprint density at radius 1 is 1.37 bits per heavy atom. The molecule has 0 unspecified atom stereocenters. The predicted octanol–water partition coefficient (Wildman–Crippen LogP) is 2.24. The van der Waals surface area contributed by atoms with Crippen LogP contribution in [0.1, 0.15) is 41.5 Å². The van der Waals surface area contributed by atoms with Gasteiger partial charge in [0.1, 0.15) is 11.4 Å². The third-order valence-corrected chi connectivity index (χ3v) is 2.44. The molecule has 110 valence electrons.